The lowest BCUT2D eigenvalue weighted by molar-refractivity contribution is -0.387. The fourth-order valence-electron chi connectivity index (χ4n) is 1.41. The summed E-state index contributed by atoms with van der Waals surface area (Å²) in [5, 5.41) is 21.5. The summed E-state index contributed by atoms with van der Waals surface area (Å²) in [6.45, 7) is 1.77. The van der Waals surface area contributed by atoms with Gasteiger partial charge < -0.3 is 5.11 Å². The molecule has 0 spiro atoms. The van der Waals surface area contributed by atoms with E-state index in [4.69, 9.17) is 5.11 Å². The van der Waals surface area contributed by atoms with Gasteiger partial charge in [0.1, 0.15) is 11.4 Å². The van der Waals surface area contributed by atoms with Crippen molar-refractivity contribution in [2.24, 2.45) is 0 Å². The van der Waals surface area contributed by atoms with Gasteiger partial charge in [-0.15, -0.1) is 11.3 Å². The van der Waals surface area contributed by atoms with Gasteiger partial charge in [0, 0.05) is 17.1 Å². The van der Waals surface area contributed by atoms with Gasteiger partial charge in [-0.1, -0.05) is 11.8 Å². The lowest BCUT2D eigenvalue weighted by atomic mass is 10.2. The number of benzene rings is 1. The number of hydrogen-bond donors (Lipinski definition) is 1. The highest BCUT2D eigenvalue weighted by atomic mass is 32.2. The molecule has 0 amide bonds. The SMILES string of the molecule is Cc1csc(Sc2cc(F)c(C(=O)O)cc2[N+](=O)[O-])n1. The van der Waals surface area contributed by atoms with E-state index in [1.807, 2.05) is 0 Å². The second-order valence-electron chi connectivity index (χ2n) is 3.72. The molecule has 20 heavy (non-hydrogen) atoms. The fraction of sp³-hybridized carbons (Fsp3) is 0.0909. The van der Waals surface area contributed by atoms with Crippen molar-refractivity contribution in [1.29, 1.82) is 0 Å². The molecule has 0 saturated heterocycles. The van der Waals surface area contributed by atoms with Crippen LogP contribution >= 0.6 is 23.1 Å². The van der Waals surface area contributed by atoms with Gasteiger partial charge in [0.05, 0.1) is 9.82 Å². The predicted molar refractivity (Wildman–Crippen MR) is 71.0 cm³/mol. The van der Waals surface area contributed by atoms with Crippen molar-refractivity contribution in [2.45, 2.75) is 16.2 Å². The second-order valence-corrected chi connectivity index (χ2v) is 5.87. The Morgan fingerprint density at radius 2 is 2.25 bits per heavy atom. The summed E-state index contributed by atoms with van der Waals surface area (Å²) in [5.74, 6) is -2.56. The minimum atomic E-state index is -1.55. The number of thiazole rings is 1. The predicted octanol–water partition coefficient (Wildman–Crippen LogP) is 3.35. The number of carboxylic acid groups (broad SMARTS) is 1. The van der Waals surface area contributed by atoms with Crippen molar-refractivity contribution < 1.29 is 19.2 Å². The third-order valence-corrected chi connectivity index (χ3v) is 4.37. The minimum Gasteiger partial charge on any atom is -0.478 e. The topological polar surface area (TPSA) is 93.3 Å². The zero-order chi connectivity index (χ0) is 14.9. The van der Waals surface area contributed by atoms with Gasteiger partial charge in [-0.25, -0.2) is 14.2 Å². The molecule has 0 fully saturated rings. The van der Waals surface area contributed by atoms with E-state index in [9.17, 15) is 19.3 Å². The standard InChI is InChI=1S/C11H7FN2O4S2/c1-5-4-19-11(13-5)20-9-3-7(12)6(10(15)16)2-8(9)14(17)18/h2-4H,1H3,(H,15,16). The largest absolute Gasteiger partial charge is 0.478 e. The van der Waals surface area contributed by atoms with Crippen molar-refractivity contribution in [1.82, 2.24) is 4.98 Å². The van der Waals surface area contributed by atoms with Gasteiger partial charge in [-0.2, -0.15) is 0 Å². The Bertz CT molecular complexity index is 702. The van der Waals surface area contributed by atoms with E-state index in [1.165, 1.54) is 11.3 Å². The number of carboxylic acids is 1. The number of hydrogen-bond acceptors (Lipinski definition) is 6. The van der Waals surface area contributed by atoms with Crippen LogP contribution < -0.4 is 0 Å². The van der Waals surface area contributed by atoms with E-state index >= 15 is 0 Å². The number of nitro benzene ring substituents is 1. The number of aromatic nitrogens is 1. The third kappa shape index (κ3) is 2.94. The maximum Gasteiger partial charge on any atom is 0.338 e. The van der Waals surface area contributed by atoms with Crippen LogP contribution in [0.25, 0.3) is 0 Å². The van der Waals surface area contributed by atoms with Crippen LogP contribution in [-0.2, 0) is 0 Å². The number of rotatable bonds is 4. The maximum atomic E-state index is 13.6. The molecule has 1 heterocycles. The van der Waals surface area contributed by atoms with Crippen LogP contribution in [0.3, 0.4) is 0 Å². The summed E-state index contributed by atoms with van der Waals surface area (Å²) >= 11 is 2.20. The number of nitrogens with zero attached hydrogens (tertiary/aromatic N) is 2. The van der Waals surface area contributed by atoms with Gasteiger partial charge in [-0.3, -0.25) is 10.1 Å². The number of halogens is 1. The molecule has 2 aromatic rings. The van der Waals surface area contributed by atoms with E-state index in [0.29, 0.717) is 4.34 Å². The molecule has 9 heteroatoms. The maximum absolute atomic E-state index is 13.6. The molecule has 1 aromatic heterocycles. The minimum absolute atomic E-state index is 0.0202. The molecule has 0 aliphatic heterocycles. The molecule has 0 aliphatic rings. The van der Waals surface area contributed by atoms with Crippen LogP contribution in [0.5, 0.6) is 0 Å². The van der Waals surface area contributed by atoms with Crippen LogP contribution in [0.1, 0.15) is 16.1 Å². The van der Waals surface area contributed by atoms with Crippen molar-refractivity contribution in [3.8, 4) is 0 Å². The van der Waals surface area contributed by atoms with Crippen LogP contribution in [0, 0.1) is 22.9 Å². The van der Waals surface area contributed by atoms with E-state index < -0.39 is 28.0 Å². The monoisotopic (exact) mass is 314 g/mol. The molecule has 0 atom stereocenters. The summed E-state index contributed by atoms with van der Waals surface area (Å²) in [6.07, 6.45) is 0. The van der Waals surface area contributed by atoms with Crippen LogP contribution in [-0.4, -0.2) is 21.0 Å². The number of aromatic carboxylic acids is 1. The van der Waals surface area contributed by atoms with Gasteiger partial charge in [0.25, 0.3) is 5.69 Å². The highest BCUT2D eigenvalue weighted by Crippen LogP contribution is 2.37. The average Bonchev–Trinajstić information content (AvgIpc) is 2.74. The molecule has 6 nitrogen and oxygen atoms in total. The van der Waals surface area contributed by atoms with E-state index in [-0.39, 0.29) is 4.90 Å². The molecule has 0 bridgehead atoms. The summed E-state index contributed by atoms with van der Waals surface area (Å²) in [6, 6.07) is 1.57. The number of carbonyl (C=O) groups is 1. The Kier molecular flexibility index (Phi) is 4.00. The molecular weight excluding hydrogens is 307 g/mol. The zero-order valence-electron chi connectivity index (χ0n) is 9.99. The fourth-order valence-corrected chi connectivity index (χ4v) is 3.31. The Balaban J connectivity index is 2.48. The molecule has 0 radical (unpaired) electrons. The van der Waals surface area contributed by atoms with Crippen molar-refractivity contribution in [2.75, 3.05) is 0 Å². The van der Waals surface area contributed by atoms with Gasteiger partial charge in [0.15, 0.2) is 4.34 Å². The Hall–Kier alpha value is -2.00. The van der Waals surface area contributed by atoms with E-state index in [0.717, 1.165) is 29.6 Å². The Morgan fingerprint density at radius 3 is 2.75 bits per heavy atom. The lowest BCUT2D eigenvalue weighted by Crippen LogP contribution is -2.03. The second kappa shape index (κ2) is 5.55. The Morgan fingerprint density at radius 1 is 1.55 bits per heavy atom. The molecule has 104 valence electrons. The first-order valence-corrected chi connectivity index (χ1v) is 6.89. The summed E-state index contributed by atoms with van der Waals surface area (Å²) < 4.78 is 14.1. The molecule has 1 N–H and O–H groups in total. The first kappa shape index (κ1) is 14.4. The van der Waals surface area contributed by atoms with Crippen molar-refractivity contribution in [3.05, 3.63) is 44.7 Å². The molecule has 1 aromatic carbocycles. The normalized spacial score (nSPS) is 10.5. The zero-order valence-corrected chi connectivity index (χ0v) is 11.6. The van der Waals surface area contributed by atoms with E-state index in [2.05, 4.69) is 4.98 Å². The summed E-state index contributed by atoms with van der Waals surface area (Å²) in [5.41, 5.74) is -0.430. The van der Waals surface area contributed by atoms with Crippen molar-refractivity contribution in [3.63, 3.8) is 0 Å². The van der Waals surface area contributed by atoms with E-state index in [1.54, 1.807) is 12.3 Å². The smallest absolute Gasteiger partial charge is 0.338 e. The quantitative estimate of drug-likeness (QED) is 0.687. The van der Waals surface area contributed by atoms with Gasteiger partial charge in [0.2, 0.25) is 0 Å². The number of nitro groups is 1. The Labute approximate surface area is 120 Å². The molecule has 0 aliphatic carbocycles. The van der Waals surface area contributed by atoms with Crippen LogP contribution in [0.15, 0.2) is 26.7 Å². The summed E-state index contributed by atoms with van der Waals surface area (Å²) in [7, 11) is 0. The summed E-state index contributed by atoms with van der Waals surface area (Å²) in [4.78, 5) is 25.1. The van der Waals surface area contributed by atoms with Gasteiger partial charge >= 0.3 is 5.97 Å². The van der Waals surface area contributed by atoms with Crippen LogP contribution in [0.4, 0.5) is 10.1 Å². The molecular formula is C11H7FN2O4S2. The van der Waals surface area contributed by atoms with Crippen LogP contribution in [0.2, 0.25) is 0 Å². The highest BCUT2D eigenvalue weighted by Gasteiger charge is 2.23. The first-order chi connectivity index (χ1) is 9.38. The highest BCUT2D eigenvalue weighted by molar-refractivity contribution is 8.01. The van der Waals surface area contributed by atoms with Gasteiger partial charge in [-0.05, 0) is 13.0 Å². The van der Waals surface area contributed by atoms with Crippen molar-refractivity contribution >= 4 is 34.8 Å². The number of aryl methyl sites for hydroxylation is 1. The third-order valence-electron chi connectivity index (χ3n) is 2.27. The lowest BCUT2D eigenvalue weighted by Gasteiger charge is -2.03. The molecule has 2 rings (SSSR count). The molecule has 0 unspecified atom stereocenters. The first-order valence-electron chi connectivity index (χ1n) is 5.19. The molecule has 0 saturated carbocycles. The average molecular weight is 314 g/mol.